The molecule has 140 valence electrons. The third-order valence-electron chi connectivity index (χ3n) is 4.77. The van der Waals surface area contributed by atoms with Crippen LogP contribution < -0.4 is 5.32 Å². The number of carbonyl (C=O) groups excluding carboxylic acids is 2. The number of aromatic amines is 1. The van der Waals surface area contributed by atoms with Crippen molar-refractivity contribution in [2.75, 3.05) is 13.2 Å². The smallest absolute Gasteiger partial charge is 0.324 e. The topological polar surface area (TPSA) is 74.4 Å². The third kappa shape index (κ3) is 3.17. The lowest BCUT2D eigenvalue weighted by Gasteiger charge is -2.17. The highest BCUT2D eigenvalue weighted by Gasteiger charge is 2.39. The Morgan fingerprint density at radius 1 is 1.35 bits per heavy atom. The largest absolute Gasteiger partial charge is 0.376 e. The second-order valence-corrected chi connectivity index (χ2v) is 6.77. The Kier molecular flexibility index (Phi) is 5.20. The molecule has 2 aliphatic heterocycles. The van der Waals surface area contributed by atoms with Crippen molar-refractivity contribution < 1.29 is 18.7 Å². The Morgan fingerprint density at radius 3 is 2.88 bits per heavy atom. The summed E-state index contributed by atoms with van der Waals surface area (Å²) in [6.07, 6.45) is 3.73. The van der Waals surface area contributed by atoms with E-state index in [1.165, 1.54) is 11.0 Å². The van der Waals surface area contributed by atoms with E-state index in [1.54, 1.807) is 12.3 Å². The molecule has 1 aromatic carbocycles. The quantitative estimate of drug-likeness (QED) is 0.798. The fraction of sp³-hybridized carbons (Fsp3) is 0.444. The molecule has 2 fully saturated rings. The summed E-state index contributed by atoms with van der Waals surface area (Å²) in [4.78, 5) is 28.9. The first-order chi connectivity index (χ1) is 12.0. The first kappa shape index (κ1) is 18.7. The number of halogens is 2. The van der Waals surface area contributed by atoms with Crippen LogP contribution in [0.5, 0.6) is 0 Å². The van der Waals surface area contributed by atoms with Crippen LogP contribution in [-0.2, 0) is 16.0 Å². The van der Waals surface area contributed by atoms with Crippen molar-refractivity contribution >= 4 is 34.4 Å². The summed E-state index contributed by atoms with van der Waals surface area (Å²) >= 11 is 5.96. The van der Waals surface area contributed by atoms with Gasteiger partial charge in [0.15, 0.2) is 0 Å². The number of nitrogens with one attached hydrogen (secondary N) is 2. The number of amides is 3. The SMILES string of the molecule is C.O=C1N[C@H](Cc2c[nH]c3c(Cl)c(F)ccc23)C(=O)N1CC1CCCO1. The number of ether oxygens (including phenoxy) is 1. The predicted octanol–water partition coefficient (Wildman–Crippen LogP) is 3.24. The van der Waals surface area contributed by atoms with Crippen LogP contribution in [0.2, 0.25) is 5.02 Å². The van der Waals surface area contributed by atoms with Gasteiger partial charge in [0.25, 0.3) is 5.91 Å². The number of urea groups is 1. The summed E-state index contributed by atoms with van der Waals surface area (Å²) in [5, 5.41) is 3.48. The number of benzene rings is 1. The summed E-state index contributed by atoms with van der Waals surface area (Å²) in [5.74, 6) is -0.765. The highest BCUT2D eigenvalue weighted by atomic mass is 35.5. The van der Waals surface area contributed by atoms with E-state index >= 15 is 0 Å². The molecule has 8 heteroatoms. The zero-order chi connectivity index (χ0) is 17.6. The molecule has 6 nitrogen and oxygen atoms in total. The van der Waals surface area contributed by atoms with Crippen molar-refractivity contribution in [3.05, 3.63) is 34.7 Å². The highest BCUT2D eigenvalue weighted by molar-refractivity contribution is 6.35. The van der Waals surface area contributed by atoms with Crippen LogP contribution in [0.3, 0.4) is 0 Å². The van der Waals surface area contributed by atoms with Crippen LogP contribution in [0.25, 0.3) is 10.9 Å². The molecule has 3 amide bonds. The molecule has 2 aromatic rings. The van der Waals surface area contributed by atoms with Crippen molar-refractivity contribution in [2.24, 2.45) is 0 Å². The Bertz CT molecular complexity index is 848. The maximum Gasteiger partial charge on any atom is 0.324 e. The molecule has 3 heterocycles. The zero-order valence-electron chi connectivity index (χ0n) is 13.4. The lowest BCUT2D eigenvalue weighted by atomic mass is 10.0. The number of aromatic nitrogens is 1. The minimum atomic E-state index is -0.642. The lowest BCUT2D eigenvalue weighted by Crippen LogP contribution is -2.38. The molecule has 0 saturated carbocycles. The summed E-state index contributed by atoms with van der Waals surface area (Å²) in [6.45, 7) is 0.955. The van der Waals surface area contributed by atoms with E-state index in [2.05, 4.69) is 10.3 Å². The molecular formula is C18H21ClFN3O3. The van der Waals surface area contributed by atoms with Crippen molar-refractivity contribution in [3.8, 4) is 0 Å². The highest BCUT2D eigenvalue weighted by Crippen LogP contribution is 2.29. The van der Waals surface area contributed by atoms with Gasteiger partial charge >= 0.3 is 6.03 Å². The van der Waals surface area contributed by atoms with Crippen LogP contribution >= 0.6 is 11.6 Å². The maximum atomic E-state index is 13.5. The second-order valence-electron chi connectivity index (χ2n) is 6.39. The standard InChI is InChI=1S/C17H17ClFN3O3.CH4/c18-14-12(19)4-3-11-9(7-20-15(11)14)6-13-16(23)22(17(24)21-13)8-10-2-1-5-25-10;/h3-4,7,10,13,20H,1-2,5-6,8H2,(H,21,24);1H4/t10?,13-;/m1./s1. The Labute approximate surface area is 155 Å². The predicted molar refractivity (Wildman–Crippen MR) is 96.7 cm³/mol. The summed E-state index contributed by atoms with van der Waals surface area (Å²) in [5.41, 5.74) is 1.29. The number of H-pyrrole nitrogens is 1. The van der Waals surface area contributed by atoms with E-state index < -0.39 is 17.9 Å². The molecule has 2 N–H and O–H groups in total. The van der Waals surface area contributed by atoms with Crippen LogP contribution in [0.1, 0.15) is 25.8 Å². The van der Waals surface area contributed by atoms with Crippen molar-refractivity contribution in [3.63, 3.8) is 0 Å². The van der Waals surface area contributed by atoms with E-state index in [-0.39, 0.29) is 31.0 Å². The number of imide groups is 1. The number of rotatable bonds is 4. The molecule has 0 radical (unpaired) electrons. The van der Waals surface area contributed by atoms with Gasteiger partial charge in [-0.3, -0.25) is 9.69 Å². The molecule has 2 aliphatic rings. The van der Waals surface area contributed by atoms with E-state index in [0.717, 1.165) is 23.8 Å². The fourth-order valence-corrected chi connectivity index (χ4v) is 3.68. The van der Waals surface area contributed by atoms with E-state index in [9.17, 15) is 14.0 Å². The number of hydrogen-bond acceptors (Lipinski definition) is 3. The Hall–Kier alpha value is -2.12. The van der Waals surface area contributed by atoms with Crippen molar-refractivity contribution in [1.82, 2.24) is 15.2 Å². The summed E-state index contributed by atoms with van der Waals surface area (Å²) in [7, 11) is 0. The molecule has 1 aromatic heterocycles. The fourth-order valence-electron chi connectivity index (χ4n) is 3.47. The third-order valence-corrected chi connectivity index (χ3v) is 5.14. The average Bonchev–Trinajstić information content (AvgIpc) is 3.29. The molecule has 0 bridgehead atoms. The molecule has 2 atom stereocenters. The van der Waals surface area contributed by atoms with Crippen LogP contribution in [-0.4, -0.2) is 47.1 Å². The van der Waals surface area contributed by atoms with Gasteiger partial charge in [-0.2, -0.15) is 0 Å². The number of nitrogens with zero attached hydrogens (tertiary/aromatic N) is 1. The van der Waals surface area contributed by atoms with Crippen LogP contribution in [0, 0.1) is 5.82 Å². The second kappa shape index (κ2) is 7.25. The summed E-state index contributed by atoms with van der Waals surface area (Å²) < 4.78 is 19.0. The van der Waals surface area contributed by atoms with E-state index in [0.29, 0.717) is 18.5 Å². The van der Waals surface area contributed by atoms with Gasteiger partial charge in [-0.25, -0.2) is 9.18 Å². The minimum absolute atomic E-state index is 0. The minimum Gasteiger partial charge on any atom is -0.376 e. The molecule has 1 unspecified atom stereocenters. The normalized spacial score (nSPS) is 22.8. The van der Waals surface area contributed by atoms with Crippen molar-refractivity contribution in [2.45, 2.75) is 38.8 Å². The van der Waals surface area contributed by atoms with Gasteiger partial charge in [-0.15, -0.1) is 0 Å². The first-order valence-corrected chi connectivity index (χ1v) is 8.60. The monoisotopic (exact) mass is 381 g/mol. The van der Waals surface area contributed by atoms with Gasteiger partial charge in [0, 0.05) is 24.6 Å². The Morgan fingerprint density at radius 2 is 2.15 bits per heavy atom. The van der Waals surface area contributed by atoms with E-state index in [1.807, 2.05) is 0 Å². The lowest BCUT2D eigenvalue weighted by molar-refractivity contribution is -0.128. The molecule has 0 spiro atoms. The van der Waals surface area contributed by atoms with Gasteiger partial charge in [0.2, 0.25) is 0 Å². The first-order valence-electron chi connectivity index (χ1n) is 8.22. The number of fused-ring (bicyclic) bond motifs is 1. The molecule has 26 heavy (non-hydrogen) atoms. The van der Waals surface area contributed by atoms with Gasteiger partial charge in [0.1, 0.15) is 16.9 Å². The number of carbonyl (C=O) groups is 2. The zero-order valence-corrected chi connectivity index (χ0v) is 14.1. The molecular weight excluding hydrogens is 361 g/mol. The van der Waals surface area contributed by atoms with Gasteiger partial charge in [-0.1, -0.05) is 19.0 Å². The molecule has 4 rings (SSSR count). The molecule has 0 aliphatic carbocycles. The molecule has 2 saturated heterocycles. The van der Waals surface area contributed by atoms with Gasteiger partial charge in [-0.05, 0) is 30.5 Å². The van der Waals surface area contributed by atoms with Gasteiger partial charge in [0.05, 0.1) is 18.2 Å². The van der Waals surface area contributed by atoms with Crippen LogP contribution in [0.15, 0.2) is 18.3 Å². The average molecular weight is 382 g/mol. The maximum absolute atomic E-state index is 13.5. The van der Waals surface area contributed by atoms with Crippen LogP contribution in [0.4, 0.5) is 9.18 Å². The summed E-state index contributed by atoms with van der Waals surface area (Å²) in [6, 6.07) is 1.88. The van der Waals surface area contributed by atoms with Gasteiger partial charge < -0.3 is 15.0 Å². The Balaban J connectivity index is 0.00000196. The number of hydrogen-bond donors (Lipinski definition) is 2. The van der Waals surface area contributed by atoms with E-state index in [4.69, 9.17) is 16.3 Å². The van der Waals surface area contributed by atoms with Crippen molar-refractivity contribution in [1.29, 1.82) is 0 Å².